The van der Waals surface area contributed by atoms with Crippen molar-refractivity contribution in [3.63, 3.8) is 0 Å². The van der Waals surface area contributed by atoms with Gasteiger partial charge in [0.25, 0.3) is 5.88 Å². The van der Waals surface area contributed by atoms with Crippen molar-refractivity contribution >= 4 is 33.3 Å². The van der Waals surface area contributed by atoms with Crippen LogP contribution in [0.3, 0.4) is 0 Å². The summed E-state index contributed by atoms with van der Waals surface area (Å²) in [6.45, 7) is 0.527. The molecule has 8 rings (SSSR count). The van der Waals surface area contributed by atoms with Crippen molar-refractivity contribution < 1.29 is 28.3 Å². The second kappa shape index (κ2) is 12.3. The Labute approximate surface area is 281 Å². The highest BCUT2D eigenvalue weighted by Gasteiger charge is 2.72. The maximum Gasteiger partial charge on any atom is 0.265 e. The van der Waals surface area contributed by atoms with Gasteiger partial charge in [-0.05, 0) is 65.1 Å². The third kappa shape index (κ3) is 5.21. The third-order valence-corrected chi connectivity index (χ3v) is 9.60. The Bertz CT molecular complexity index is 1890. The standard InChI is InChI=1S/C34H28BrN3O6.C2H7N/c1-38(2)32-22-14-20-13-21-15-23-26(33(37-44-23)42-17-19-11-7-4-8-12-19)29(40)34(21)30(43-34)24(20)27(39)25(22)28(31(35)36-32)41-16-18-9-5-3-6-10-18;1-3-2/h3-12,20-21H,13-17H2,1-2H3;3H,1-2H3/t20?,21-,34+;/m0./s1. The van der Waals surface area contributed by atoms with Crippen LogP contribution in [0.2, 0.25) is 0 Å². The van der Waals surface area contributed by atoms with Gasteiger partial charge in [-0.1, -0.05) is 60.7 Å². The summed E-state index contributed by atoms with van der Waals surface area (Å²) in [4.78, 5) is 35.4. The predicted octanol–water partition coefficient (Wildman–Crippen LogP) is 5.73. The summed E-state index contributed by atoms with van der Waals surface area (Å²) < 4.78 is 24.6. The Hall–Kier alpha value is -4.48. The zero-order chi connectivity index (χ0) is 32.9. The average molecular weight is 700 g/mol. The predicted molar refractivity (Wildman–Crippen MR) is 178 cm³/mol. The van der Waals surface area contributed by atoms with Crippen molar-refractivity contribution in [1.29, 1.82) is 0 Å². The van der Waals surface area contributed by atoms with Gasteiger partial charge in [0.2, 0.25) is 11.4 Å². The van der Waals surface area contributed by atoms with Crippen LogP contribution in [0.4, 0.5) is 5.82 Å². The van der Waals surface area contributed by atoms with Crippen LogP contribution in [0.1, 0.15) is 49.6 Å². The number of ketones is 2. The van der Waals surface area contributed by atoms with Crippen LogP contribution in [0.15, 0.2) is 81.1 Å². The van der Waals surface area contributed by atoms with E-state index in [0.717, 1.165) is 16.7 Å². The molecule has 1 saturated heterocycles. The SMILES string of the molecule is CN(C)c1nc(Br)c(OCc2ccccc2)c2c1CC1C[C@H]3Cc4onc(OCc5ccccc5)c4C(=O)[C@]34OC4=C1C2=O.CNC. The number of hydrogen-bond acceptors (Lipinski definition) is 10. The summed E-state index contributed by atoms with van der Waals surface area (Å²) in [6, 6.07) is 19.4. The molecule has 10 nitrogen and oxygen atoms in total. The first-order valence-electron chi connectivity index (χ1n) is 15.6. The summed E-state index contributed by atoms with van der Waals surface area (Å²) in [5.74, 6) is 1.51. The van der Waals surface area contributed by atoms with Crippen molar-refractivity contribution in [3.8, 4) is 11.6 Å². The number of nitrogens with one attached hydrogen (secondary N) is 1. The first kappa shape index (κ1) is 31.1. The second-order valence-electron chi connectivity index (χ2n) is 12.4. The topological polar surface area (TPSA) is 119 Å². The number of carbonyl (C=O) groups is 2. The van der Waals surface area contributed by atoms with Crippen molar-refractivity contribution in [1.82, 2.24) is 15.5 Å². The molecular formula is C36H35BrN4O6. The number of allylic oxidation sites excluding steroid dienone is 1. The van der Waals surface area contributed by atoms with Gasteiger partial charge in [-0.2, -0.15) is 0 Å². The van der Waals surface area contributed by atoms with E-state index in [0.29, 0.717) is 63.7 Å². The number of benzene rings is 2. The molecule has 2 aromatic heterocycles. The van der Waals surface area contributed by atoms with Crippen LogP contribution in [0.25, 0.3) is 0 Å². The molecule has 1 N–H and O–H groups in total. The minimum Gasteiger partial charge on any atom is -0.485 e. The van der Waals surface area contributed by atoms with Crippen LogP contribution in [-0.4, -0.2) is 55.5 Å². The molecule has 0 radical (unpaired) electrons. The number of fused-ring (bicyclic) bond motifs is 3. The Kier molecular flexibility index (Phi) is 8.13. The van der Waals surface area contributed by atoms with Crippen molar-refractivity contribution in [2.45, 2.75) is 38.1 Å². The van der Waals surface area contributed by atoms with Crippen LogP contribution in [0.5, 0.6) is 11.6 Å². The molecule has 11 heteroatoms. The van der Waals surface area contributed by atoms with E-state index < -0.39 is 5.60 Å². The number of pyridine rings is 1. The normalized spacial score (nSPS) is 21.6. The lowest BCUT2D eigenvalue weighted by atomic mass is 9.63. The number of aromatic nitrogens is 2. The van der Waals surface area contributed by atoms with Crippen molar-refractivity contribution in [2.75, 3.05) is 33.1 Å². The fourth-order valence-corrected chi connectivity index (χ4v) is 7.50. The number of halogens is 1. The smallest absolute Gasteiger partial charge is 0.265 e. The number of rotatable bonds is 7. The maximum absolute atomic E-state index is 14.5. The third-order valence-electron chi connectivity index (χ3n) is 9.06. The Morgan fingerprint density at radius 1 is 0.957 bits per heavy atom. The number of epoxide rings is 1. The lowest BCUT2D eigenvalue weighted by molar-refractivity contribution is 0.0735. The minimum atomic E-state index is -1.19. The van der Waals surface area contributed by atoms with E-state index >= 15 is 0 Å². The molecule has 47 heavy (non-hydrogen) atoms. The lowest BCUT2D eigenvalue weighted by Gasteiger charge is -2.36. The molecular weight excluding hydrogens is 664 g/mol. The Balaban J connectivity index is 0.00000113. The van der Waals surface area contributed by atoms with Crippen LogP contribution in [0, 0.1) is 11.8 Å². The maximum atomic E-state index is 14.5. The molecule has 0 bridgehead atoms. The summed E-state index contributed by atoms with van der Waals surface area (Å²) in [5.41, 5.74) is 2.90. The summed E-state index contributed by atoms with van der Waals surface area (Å²) in [5, 5.41) is 6.86. The van der Waals surface area contributed by atoms with Gasteiger partial charge < -0.3 is 29.0 Å². The fraction of sp³-hybridized carbons (Fsp3) is 0.333. The van der Waals surface area contributed by atoms with E-state index in [1.807, 2.05) is 93.8 Å². The van der Waals surface area contributed by atoms with Crippen LogP contribution < -0.4 is 19.7 Å². The van der Waals surface area contributed by atoms with E-state index in [4.69, 9.17) is 23.7 Å². The van der Waals surface area contributed by atoms with E-state index in [2.05, 4.69) is 26.4 Å². The highest BCUT2D eigenvalue weighted by Crippen LogP contribution is 2.63. The molecule has 1 aliphatic heterocycles. The summed E-state index contributed by atoms with van der Waals surface area (Å²) in [7, 11) is 7.58. The van der Waals surface area contributed by atoms with Gasteiger partial charge in [-0.3, -0.25) is 9.59 Å². The quantitative estimate of drug-likeness (QED) is 0.189. The number of anilines is 1. The highest BCUT2D eigenvalue weighted by atomic mass is 79.9. The summed E-state index contributed by atoms with van der Waals surface area (Å²) in [6.07, 6.45) is 1.65. The van der Waals surface area contributed by atoms with Gasteiger partial charge in [0, 0.05) is 37.6 Å². The van der Waals surface area contributed by atoms with Gasteiger partial charge in [0.15, 0.2) is 27.7 Å². The number of hydrogen-bond donors (Lipinski definition) is 1. The highest BCUT2D eigenvalue weighted by molar-refractivity contribution is 9.10. The van der Waals surface area contributed by atoms with Gasteiger partial charge in [0.1, 0.15) is 24.6 Å². The van der Waals surface area contributed by atoms with Crippen molar-refractivity contribution in [3.05, 3.63) is 110 Å². The van der Waals surface area contributed by atoms with E-state index in [1.165, 1.54) is 0 Å². The second-order valence-corrected chi connectivity index (χ2v) is 13.2. The Morgan fingerprint density at radius 2 is 1.60 bits per heavy atom. The van der Waals surface area contributed by atoms with Crippen molar-refractivity contribution in [2.24, 2.45) is 11.8 Å². The molecule has 3 aliphatic carbocycles. The fourth-order valence-electron chi connectivity index (χ4n) is 7.02. The van der Waals surface area contributed by atoms with E-state index in [1.54, 1.807) is 0 Å². The monoisotopic (exact) mass is 698 g/mol. The molecule has 3 heterocycles. The molecule has 1 spiro atoms. The average Bonchev–Trinajstić information content (AvgIpc) is 3.70. The number of nitrogens with zero attached hydrogens (tertiary/aromatic N) is 3. The van der Waals surface area contributed by atoms with Crippen LogP contribution >= 0.6 is 15.9 Å². The zero-order valence-electron chi connectivity index (χ0n) is 26.6. The van der Waals surface area contributed by atoms with Gasteiger partial charge in [-0.25, -0.2) is 4.98 Å². The molecule has 2 aromatic carbocycles. The minimum absolute atomic E-state index is 0.125. The number of ether oxygens (including phenoxy) is 3. The molecule has 0 amide bonds. The van der Waals surface area contributed by atoms with Crippen LogP contribution in [-0.2, 0) is 30.8 Å². The zero-order valence-corrected chi connectivity index (χ0v) is 28.2. The number of Topliss-reactive ketones (excluding diaryl/α,β-unsaturated/α-hetero) is 2. The largest absolute Gasteiger partial charge is 0.485 e. The molecule has 4 aliphatic rings. The first-order valence-corrected chi connectivity index (χ1v) is 16.4. The molecule has 0 saturated carbocycles. The van der Waals surface area contributed by atoms with E-state index in [9.17, 15) is 9.59 Å². The van der Waals surface area contributed by atoms with Gasteiger partial charge >= 0.3 is 0 Å². The first-order chi connectivity index (χ1) is 22.8. The number of carbonyl (C=O) groups excluding carboxylic acids is 2. The molecule has 1 unspecified atom stereocenters. The molecule has 3 atom stereocenters. The lowest BCUT2D eigenvalue weighted by Crippen LogP contribution is -2.44. The van der Waals surface area contributed by atoms with Gasteiger partial charge in [0.05, 0.1) is 5.56 Å². The molecule has 4 aromatic rings. The summed E-state index contributed by atoms with van der Waals surface area (Å²) >= 11 is 3.58. The molecule has 1 fully saturated rings. The molecule has 242 valence electrons. The van der Waals surface area contributed by atoms with Gasteiger partial charge in [-0.15, -0.1) is 0 Å². The Morgan fingerprint density at radius 3 is 2.23 bits per heavy atom. The van der Waals surface area contributed by atoms with E-state index in [-0.39, 0.29) is 42.5 Å².